The minimum Gasteiger partial charge on any atom is -0.349 e. The van der Waals surface area contributed by atoms with Gasteiger partial charge in [0.2, 0.25) is 10.0 Å². The van der Waals surface area contributed by atoms with Crippen LogP contribution in [0.2, 0.25) is 10.0 Å². The van der Waals surface area contributed by atoms with Crippen LogP contribution in [0.5, 0.6) is 0 Å². The van der Waals surface area contributed by atoms with E-state index in [2.05, 4.69) is 14.9 Å². The zero-order chi connectivity index (χ0) is 29.2. The van der Waals surface area contributed by atoms with Crippen molar-refractivity contribution in [1.82, 2.24) is 10.2 Å². The molecule has 8 nitrogen and oxygen atoms in total. The molecule has 0 saturated carbocycles. The Morgan fingerprint density at radius 3 is 2.17 bits per heavy atom. The van der Waals surface area contributed by atoms with Gasteiger partial charge in [-0.2, -0.15) is 0 Å². The Balaban J connectivity index is 1.18. The Morgan fingerprint density at radius 2 is 1.61 bits per heavy atom. The third-order valence-corrected chi connectivity index (χ3v) is 9.09. The summed E-state index contributed by atoms with van der Waals surface area (Å²) < 4.78 is 40.0. The van der Waals surface area contributed by atoms with Crippen molar-refractivity contribution < 1.29 is 22.7 Å². The first-order valence-electron chi connectivity index (χ1n) is 13.4. The Bertz CT molecular complexity index is 1430. The Morgan fingerprint density at radius 1 is 1.00 bits per heavy atom. The van der Waals surface area contributed by atoms with Crippen molar-refractivity contribution in [2.75, 3.05) is 36.7 Å². The zero-order valence-corrected chi connectivity index (χ0v) is 25.2. The number of carbonyl (C=O) groups is 1. The summed E-state index contributed by atoms with van der Waals surface area (Å²) in [6.45, 7) is 5.56. The van der Waals surface area contributed by atoms with Gasteiger partial charge in [-0.15, -0.1) is 0 Å². The number of benzene rings is 3. The van der Waals surface area contributed by atoms with Crippen LogP contribution < -0.4 is 10.0 Å². The number of carbonyl (C=O) groups excluding carboxylic acids is 1. The first-order chi connectivity index (χ1) is 19.5. The first kappa shape index (κ1) is 29.8. The van der Waals surface area contributed by atoms with Crippen LogP contribution >= 0.6 is 23.2 Å². The number of hydrogen-bond donors (Lipinski definition) is 2. The van der Waals surface area contributed by atoms with Gasteiger partial charge in [-0.1, -0.05) is 53.5 Å². The fraction of sp³-hybridized carbons (Fsp3) is 0.367. The average molecular weight is 619 g/mol. The molecule has 41 heavy (non-hydrogen) atoms. The summed E-state index contributed by atoms with van der Waals surface area (Å²) in [5.41, 5.74) is 2.84. The van der Waals surface area contributed by atoms with Crippen molar-refractivity contribution in [3.05, 3.63) is 99.5 Å². The Kier molecular flexibility index (Phi) is 8.94. The van der Waals surface area contributed by atoms with Crippen molar-refractivity contribution in [1.29, 1.82) is 0 Å². The summed E-state index contributed by atoms with van der Waals surface area (Å²) >= 11 is 12.2. The molecule has 2 saturated heterocycles. The second kappa shape index (κ2) is 12.3. The molecule has 2 fully saturated rings. The van der Waals surface area contributed by atoms with E-state index >= 15 is 0 Å². The highest BCUT2D eigenvalue weighted by Gasteiger charge is 2.37. The van der Waals surface area contributed by atoms with Crippen LogP contribution in [0.15, 0.2) is 72.8 Å². The number of likely N-dealkylation sites (tertiary alicyclic amines) is 1. The number of ether oxygens (including phenoxy) is 2. The number of nitrogens with zero attached hydrogens (tertiary/aromatic N) is 1. The van der Waals surface area contributed by atoms with E-state index in [9.17, 15) is 13.2 Å². The molecule has 3 aromatic rings. The van der Waals surface area contributed by atoms with Gasteiger partial charge >= 0.3 is 0 Å². The molecular weight excluding hydrogens is 585 g/mol. The maximum Gasteiger partial charge on any atom is 0.251 e. The molecule has 0 spiro atoms. The monoisotopic (exact) mass is 617 g/mol. The van der Waals surface area contributed by atoms with Crippen molar-refractivity contribution in [2.45, 2.75) is 31.8 Å². The summed E-state index contributed by atoms with van der Waals surface area (Å²) in [6.07, 6.45) is -0.239. The summed E-state index contributed by atoms with van der Waals surface area (Å²) in [6, 6.07) is 21.8. The van der Waals surface area contributed by atoms with E-state index in [1.54, 1.807) is 18.2 Å². The summed E-state index contributed by atoms with van der Waals surface area (Å²) in [5.74, 6) is -1.05. The van der Waals surface area contributed by atoms with E-state index in [-0.39, 0.29) is 29.7 Å². The maximum atomic E-state index is 13.0. The van der Waals surface area contributed by atoms with Gasteiger partial charge in [0.25, 0.3) is 5.91 Å². The molecule has 1 amide bonds. The Hall–Kier alpha value is -2.66. The number of amides is 1. The van der Waals surface area contributed by atoms with Gasteiger partial charge in [-0.25, -0.2) is 8.42 Å². The van der Waals surface area contributed by atoms with Gasteiger partial charge in [-0.3, -0.25) is 14.4 Å². The molecular formula is C30H33Cl2N3O5S. The third kappa shape index (κ3) is 7.80. The summed E-state index contributed by atoms with van der Waals surface area (Å²) in [4.78, 5) is 14.9. The maximum absolute atomic E-state index is 13.0. The van der Waals surface area contributed by atoms with Gasteiger partial charge in [0, 0.05) is 46.8 Å². The molecule has 2 aliphatic rings. The molecule has 11 heteroatoms. The number of halogens is 2. The van der Waals surface area contributed by atoms with E-state index in [1.807, 2.05) is 62.4 Å². The quantitative estimate of drug-likeness (QED) is 0.319. The molecule has 0 aliphatic carbocycles. The van der Waals surface area contributed by atoms with Gasteiger partial charge < -0.3 is 14.8 Å². The second-order valence-electron chi connectivity index (χ2n) is 11.0. The number of hydrogen-bond acceptors (Lipinski definition) is 6. The molecule has 0 bridgehead atoms. The van der Waals surface area contributed by atoms with Crippen LogP contribution in [0.25, 0.3) is 0 Å². The number of rotatable bonds is 10. The molecule has 3 aromatic carbocycles. The number of anilines is 1. The van der Waals surface area contributed by atoms with Gasteiger partial charge in [0.05, 0.1) is 18.4 Å². The molecule has 218 valence electrons. The molecule has 2 N–H and O–H groups in total. The summed E-state index contributed by atoms with van der Waals surface area (Å²) in [5, 5.41) is 4.14. The summed E-state index contributed by atoms with van der Waals surface area (Å²) in [7, 11) is -3.64. The molecule has 1 unspecified atom stereocenters. The fourth-order valence-corrected chi connectivity index (χ4v) is 6.91. The molecule has 5 rings (SSSR count). The standard InChI is InChI=1S/C30H33Cl2N3O5S/c1-30(2)39-18-27(40-30)15-33-29(36)23-4-3-5-26(14-23)34-41(37,38)19-20-16-35(17-20)28(21-6-10-24(31)11-7-21)22-8-12-25(32)13-9-22/h3-14,20,27-28,34H,15-19H2,1-2H3,(H,33,36). The largest absolute Gasteiger partial charge is 0.349 e. The van der Waals surface area contributed by atoms with Crippen molar-refractivity contribution in [3.8, 4) is 0 Å². The molecule has 2 aliphatic heterocycles. The molecule has 0 aromatic heterocycles. The average Bonchev–Trinajstić information content (AvgIpc) is 3.26. The highest BCUT2D eigenvalue weighted by molar-refractivity contribution is 7.92. The van der Waals surface area contributed by atoms with Gasteiger partial charge in [-0.05, 0) is 67.4 Å². The van der Waals surface area contributed by atoms with E-state index in [4.69, 9.17) is 32.7 Å². The second-order valence-corrected chi connectivity index (χ2v) is 13.6. The van der Waals surface area contributed by atoms with Crippen LogP contribution in [0.1, 0.15) is 41.4 Å². The number of sulfonamides is 1. The lowest BCUT2D eigenvalue weighted by Gasteiger charge is -2.44. The third-order valence-electron chi connectivity index (χ3n) is 7.13. The highest BCUT2D eigenvalue weighted by atomic mass is 35.5. The van der Waals surface area contributed by atoms with Crippen molar-refractivity contribution in [3.63, 3.8) is 0 Å². The lowest BCUT2D eigenvalue weighted by Crippen LogP contribution is -2.51. The van der Waals surface area contributed by atoms with E-state index in [1.165, 1.54) is 6.07 Å². The van der Waals surface area contributed by atoms with Crippen LogP contribution in [0.3, 0.4) is 0 Å². The smallest absolute Gasteiger partial charge is 0.251 e. The van der Waals surface area contributed by atoms with Crippen molar-refractivity contribution >= 4 is 44.8 Å². The van der Waals surface area contributed by atoms with Crippen LogP contribution in [0.4, 0.5) is 5.69 Å². The SMILES string of the molecule is CC1(C)OCC(CNC(=O)c2cccc(NS(=O)(=O)CC3CN(C(c4ccc(Cl)cc4)c4ccc(Cl)cc4)C3)c2)O1. The predicted octanol–water partition coefficient (Wildman–Crippen LogP) is 5.34. The van der Waals surface area contributed by atoms with Gasteiger partial charge in [0.15, 0.2) is 5.79 Å². The van der Waals surface area contributed by atoms with Crippen molar-refractivity contribution in [2.24, 2.45) is 5.92 Å². The topological polar surface area (TPSA) is 97.0 Å². The number of nitrogens with one attached hydrogen (secondary N) is 2. The first-order valence-corrected chi connectivity index (χ1v) is 15.8. The molecule has 0 radical (unpaired) electrons. The van der Waals surface area contributed by atoms with Crippen LogP contribution in [-0.4, -0.2) is 63.1 Å². The normalized spacial score (nSPS) is 19.2. The lowest BCUT2D eigenvalue weighted by molar-refractivity contribution is -0.137. The van der Waals surface area contributed by atoms with Crippen LogP contribution in [-0.2, 0) is 19.5 Å². The van der Waals surface area contributed by atoms with E-state index in [0.29, 0.717) is 47.5 Å². The minimum absolute atomic E-state index is 0.0251. The molecule has 2 heterocycles. The molecule has 1 atom stereocenters. The van der Waals surface area contributed by atoms with Gasteiger partial charge in [0.1, 0.15) is 6.10 Å². The zero-order valence-electron chi connectivity index (χ0n) is 22.8. The van der Waals surface area contributed by atoms with Crippen LogP contribution in [0, 0.1) is 5.92 Å². The highest BCUT2D eigenvalue weighted by Crippen LogP contribution is 2.36. The van der Waals surface area contributed by atoms with E-state index in [0.717, 1.165) is 11.1 Å². The predicted molar refractivity (Wildman–Crippen MR) is 161 cm³/mol. The fourth-order valence-electron chi connectivity index (χ4n) is 5.26. The lowest BCUT2D eigenvalue weighted by atomic mass is 9.91. The van der Waals surface area contributed by atoms with E-state index < -0.39 is 15.8 Å². The minimum atomic E-state index is -3.64. The Labute approximate surface area is 251 Å².